The Labute approximate surface area is 92.9 Å². The van der Waals surface area contributed by atoms with Crippen LogP contribution in [-0.4, -0.2) is 11.2 Å². The minimum atomic E-state index is -0.178. The van der Waals surface area contributed by atoms with E-state index >= 15 is 0 Å². The Morgan fingerprint density at radius 1 is 0.933 bits per heavy atom. The summed E-state index contributed by atoms with van der Waals surface area (Å²) in [4.78, 5) is 0. The summed E-state index contributed by atoms with van der Waals surface area (Å²) >= 11 is 0. The predicted molar refractivity (Wildman–Crippen MR) is 63.5 cm³/mol. The molecule has 15 heavy (non-hydrogen) atoms. The van der Waals surface area contributed by atoms with Crippen molar-refractivity contribution in [3.05, 3.63) is 24.3 Å². The van der Waals surface area contributed by atoms with Crippen LogP contribution in [0.1, 0.15) is 39.0 Å². The van der Waals surface area contributed by atoms with Crippen LogP contribution in [0.3, 0.4) is 0 Å². The van der Waals surface area contributed by atoms with Gasteiger partial charge in [0.05, 0.1) is 6.10 Å². The zero-order chi connectivity index (χ0) is 10.7. The van der Waals surface area contributed by atoms with Gasteiger partial charge in [0, 0.05) is 0 Å². The van der Waals surface area contributed by atoms with Crippen molar-refractivity contribution in [1.29, 1.82) is 0 Å². The van der Waals surface area contributed by atoms with Crippen molar-refractivity contribution in [3.8, 4) is 0 Å². The normalized spacial score (nSPS) is 40.7. The summed E-state index contributed by atoms with van der Waals surface area (Å²) in [5, 5.41) is 9.37. The van der Waals surface area contributed by atoms with E-state index in [9.17, 15) is 5.11 Å². The first-order valence-electron chi connectivity index (χ1n) is 6.29. The van der Waals surface area contributed by atoms with E-state index < -0.39 is 0 Å². The second-order valence-electron chi connectivity index (χ2n) is 5.22. The minimum absolute atomic E-state index is 0.178. The fourth-order valence-corrected chi connectivity index (χ4v) is 2.66. The highest BCUT2D eigenvalue weighted by Crippen LogP contribution is 2.30. The molecule has 0 saturated heterocycles. The van der Waals surface area contributed by atoms with Gasteiger partial charge >= 0.3 is 0 Å². The molecule has 0 heterocycles. The summed E-state index contributed by atoms with van der Waals surface area (Å²) in [5.41, 5.74) is 0. The zero-order valence-corrected chi connectivity index (χ0v) is 9.60. The van der Waals surface area contributed by atoms with Crippen LogP contribution < -0.4 is 0 Å². The van der Waals surface area contributed by atoms with Gasteiger partial charge in [0.25, 0.3) is 0 Å². The molecule has 0 spiro atoms. The van der Waals surface area contributed by atoms with Crippen LogP contribution in [0.5, 0.6) is 0 Å². The molecule has 0 aromatic rings. The van der Waals surface area contributed by atoms with Crippen molar-refractivity contribution < 1.29 is 5.11 Å². The summed E-state index contributed by atoms with van der Waals surface area (Å²) in [7, 11) is 0. The molecule has 1 heteroatoms. The van der Waals surface area contributed by atoms with Crippen molar-refractivity contribution in [2.24, 2.45) is 17.8 Å². The molecule has 2 aliphatic rings. The first kappa shape index (κ1) is 10.9. The predicted octanol–water partition coefficient (Wildman–Crippen LogP) is 3.31. The van der Waals surface area contributed by atoms with Crippen LogP contribution in [0.2, 0.25) is 0 Å². The lowest BCUT2D eigenvalue weighted by molar-refractivity contribution is 0.190. The largest absolute Gasteiger partial charge is 0.389 e. The molecule has 0 aliphatic heterocycles. The van der Waals surface area contributed by atoms with Gasteiger partial charge in [-0.2, -0.15) is 0 Å². The summed E-state index contributed by atoms with van der Waals surface area (Å²) < 4.78 is 0. The Hall–Kier alpha value is -0.560. The first-order valence-corrected chi connectivity index (χ1v) is 6.29. The van der Waals surface area contributed by atoms with Crippen LogP contribution >= 0.6 is 0 Å². The maximum absolute atomic E-state index is 9.37. The van der Waals surface area contributed by atoms with Gasteiger partial charge in [-0.25, -0.2) is 0 Å². The molecule has 1 N–H and O–H groups in total. The maximum Gasteiger partial charge on any atom is 0.0721 e. The number of rotatable bonds is 2. The monoisotopic (exact) mass is 206 g/mol. The van der Waals surface area contributed by atoms with Gasteiger partial charge in [0.2, 0.25) is 0 Å². The Bertz CT molecular complexity index is 228. The SMILES string of the molecule is CC1C=CC(CC2C=CC(O)CC2)CC1. The molecule has 0 amide bonds. The Morgan fingerprint density at radius 3 is 2.13 bits per heavy atom. The van der Waals surface area contributed by atoms with E-state index in [1.807, 2.05) is 6.08 Å². The number of aliphatic hydroxyl groups is 1. The van der Waals surface area contributed by atoms with Crippen LogP contribution in [-0.2, 0) is 0 Å². The molecule has 4 unspecified atom stereocenters. The first-order chi connectivity index (χ1) is 7.24. The van der Waals surface area contributed by atoms with Crippen molar-refractivity contribution in [2.75, 3.05) is 0 Å². The Kier molecular flexibility index (Phi) is 3.63. The van der Waals surface area contributed by atoms with Gasteiger partial charge in [0.15, 0.2) is 0 Å². The third-order valence-corrected chi connectivity index (χ3v) is 3.75. The highest BCUT2D eigenvalue weighted by molar-refractivity contribution is 5.02. The molecule has 0 aromatic heterocycles. The highest BCUT2D eigenvalue weighted by Gasteiger charge is 2.19. The van der Waals surface area contributed by atoms with Crippen molar-refractivity contribution in [3.63, 3.8) is 0 Å². The Balaban J connectivity index is 1.82. The van der Waals surface area contributed by atoms with Crippen LogP contribution in [0.15, 0.2) is 24.3 Å². The average molecular weight is 206 g/mol. The molecule has 1 nitrogen and oxygen atoms in total. The number of aliphatic hydroxyl groups excluding tert-OH is 1. The van der Waals surface area contributed by atoms with E-state index in [1.54, 1.807) is 0 Å². The highest BCUT2D eigenvalue weighted by atomic mass is 16.3. The molecule has 0 saturated carbocycles. The van der Waals surface area contributed by atoms with Gasteiger partial charge in [-0.15, -0.1) is 0 Å². The topological polar surface area (TPSA) is 20.2 Å². The van der Waals surface area contributed by atoms with E-state index in [-0.39, 0.29) is 6.10 Å². The van der Waals surface area contributed by atoms with E-state index in [2.05, 4.69) is 25.2 Å². The molecular formula is C14H22O. The van der Waals surface area contributed by atoms with Gasteiger partial charge in [-0.05, 0) is 49.9 Å². The molecule has 4 atom stereocenters. The summed E-state index contributed by atoms with van der Waals surface area (Å²) in [6, 6.07) is 0. The molecule has 84 valence electrons. The third kappa shape index (κ3) is 3.20. The van der Waals surface area contributed by atoms with E-state index in [0.717, 1.165) is 24.7 Å². The molecule has 2 rings (SSSR count). The van der Waals surface area contributed by atoms with Crippen molar-refractivity contribution in [2.45, 2.75) is 45.1 Å². The van der Waals surface area contributed by atoms with Crippen LogP contribution in [0.25, 0.3) is 0 Å². The average Bonchev–Trinajstić information content (AvgIpc) is 2.25. The molecule has 0 aromatic carbocycles. The summed E-state index contributed by atoms with van der Waals surface area (Å²) in [6.07, 6.45) is 14.9. The number of hydrogen-bond acceptors (Lipinski definition) is 1. The van der Waals surface area contributed by atoms with E-state index in [4.69, 9.17) is 0 Å². The molecule has 0 fully saturated rings. The fraction of sp³-hybridized carbons (Fsp3) is 0.714. The second-order valence-corrected chi connectivity index (χ2v) is 5.22. The lowest BCUT2D eigenvalue weighted by Crippen LogP contribution is -2.16. The van der Waals surface area contributed by atoms with Crippen LogP contribution in [0, 0.1) is 17.8 Å². The molecule has 2 aliphatic carbocycles. The summed E-state index contributed by atoms with van der Waals surface area (Å²) in [5.74, 6) is 2.27. The maximum atomic E-state index is 9.37. The van der Waals surface area contributed by atoms with Gasteiger partial charge in [-0.1, -0.05) is 31.2 Å². The van der Waals surface area contributed by atoms with Gasteiger partial charge in [0.1, 0.15) is 0 Å². The molecule has 0 radical (unpaired) electrons. The van der Waals surface area contributed by atoms with E-state index in [1.165, 1.54) is 19.3 Å². The summed E-state index contributed by atoms with van der Waals surface area (Å²) in [6.45, 7) is 2.30. The Morgan fingerprint density at radius 2 is 1.60 bits per heavy atom. The molecule has 0 bridgehead atoms. The third-order valence-electron chi connectivity index (χ3n) is 3.75. The number of hydrogen-bond donors (Lipinski definition) is 1. The zero-order valence-electron chi connectivity index (χ0n) is 9.60. The van der Waals surface area contributed by atoms with Crippen molar-refractivity contribution >= 4 is 0 Å². The minimum Gasteiger partial charge on any atom is -0.389 e. The van der Waals surface area contributed by atoms with Crippen LogP contribution in [0.4, 0.5) is 0 Å². The smallest absolute Gasteiger partial charge is 0.0721 e. The molecular weight excluding hydrogens is 184 g/mol. The lowest BCUT2D eigenvalue weighted by Gasteiger charge is -2.26. The fourth-order valence-electron chi connectivity index (χ4n) is 2.66. The van der Waals surface area contributed by atoms with Crippen molar-refractivity contribution in [1.82, 2.24) is 0 Å². The van der Waals surface area contributed by atoms with Gasteiger partial charge < -0.3 is 5.11 Å². The number of allylic oxidation sites excluding steroid dienone is 3. The lowest BCUT2D eigenvalue weighted by atomic mass is 9.81. The quantitative estimate of drug-likeness (QED) is 0.687. The van der Waals surface area contributed by atoms with E-state index in [0.29, 0.717) is 5.92 Å². The standard InChI is InChI=1S/C14H22O/c1-11-2-4-12(5-3-11)10-13-6-8-14(15)9-7-13/h2,4,6,8,11-15H,3,5,7,9-10H2,1H3. The van der Waals surface area contributed by atoms with Gasteiger partial charge in [-0.3, -0.25) is 0 Å². The second kappa shape index (κ2) is 4.98.